The van der Waals surface area contributed by atoms with Crippen LogP contribution in [0.1, 0.15) is 30.6 Å². The van der Waals surface area contributed by atoms with E-state index in [1.807, 2.05) is 13.0 Å². The normalized spacial score (nSPS) is 11.9. The maximum Gasteiger partial charge on any atom is 0.191 e. The Balaban J connectivity index is 0.00000420. The summed E-state index contributed by atoms with van der Waals surface area (Å²) in [5.41, 5.74) is 1.98. The number of nitrogens with one attached hydrogen (secondary N) is 2. The Bertz CT molecular complexity index is 741. The second kappa shape index (κ2) is 14.1. The lowest BCUT2D eigenvalue weighted by Gasteiger charge is -2.16. The SMILES string of the molecule is CCNC(=NCC(O)c1cc(OC)ccc1OC)NCCCc1ccccc1.I. The largest absolute Gasteiger partial charge is 0.497 e. The number of benzene rings is 2. The van der Waals surface area contributed by atoms with Gasteiger partial charge in [0.2, 0.25) is 0 Å². The lowest BCUT2D eigenvalue weighted by atomic mass is 10.1. The molecule has 29 heavy (non-hydrogen) atoms. The van der Waals surface area contributed by atoms with Crippen molar-refractivity contribution in [3.63, 3.8) is 0 Å². The minimum absolute atomic E-state index is 0. The Kier molecular flexibility index (Phi) is 12.1. The first-order valence-corrected chi connectivity index (χ1v) is 9.64. The smallest absolute Gasteiger partial charge is 0.191 e. The molecule has 2 aromatic carbocycles. The summed E-state index contributed by atoms with van der Waals surface area (Å²) in [4.78, 5) is 4.51. The molecule has 0 amide bonds. The first-order valence-electron chi connectivity index (χ1n) is 9.64. The zero-order valence-electron chi connectivity index (χ0n) is 17.4. The van der Waals surface area contributed by atoms with E-state index in [2.05, 4.69) is 39.9 Å². The summed E-state index contributed by atoms with van der Waals surface area (Å²) in [7, 11) is 3.18. The molecule has 0 spiro atoms. The fourth-order valence-electron chi connectivity index (χ4n) is 2.86. The molecule has 0 saturated heterocycles. The number of methoxy groups -OCH3 is 2. The van der Waals surface area contributed by atoms with E-state index in [9.17, 15) is 5.11 Å². The maximum atomic E-state index is 10.6. The van der Waals surface area contributed by atoms with Gasteiger partial charge in [0.15, 0.2) is 5.96 Å². The Morgan fingerprint density at radius 2 is 1.83 bits per heavy atom. The Morgan fingerprint density at radius 1 is 1.07 bits per heavy atom. The van der Waals surface area contributed by atoms with Crippen molar-refractivity contribution >= 4 is 29.9 Å². The fourth-order valence-corrected chi connectivity index (χ4v) is 2.86. The molecule has 3 N–H and O–H groups in total. The molecule has 0 aliphatic carbocycles. The summed E-state index contributed by atoms with van der Waals surface area (Å²) in [6.45, 7) is 3.79. The molecule has 1 atom stereocenters. The van der Waals surface area contributed by atoms with Crippen molar-refractivity contribution in [1.82, 2.24) is 10.6 Å². The van der Waals surface area contributed by atoms with Crippen molar-refractivity contribution in [2.45, 2.75) is 25.9 Å². The molecule has 0 aliphatic rings. The van der Waals surface area contributed by atoms with Crippen molar-refractivity contribution in [1.29, 1.82) is 0 Å². The van der Waals surface area contributed by atoms with Crippen molar-refractivity contribution < 1.29 is 14.6 Å². The number of ether oxygens (including phenoxy) is 2. The van der Waals surface area contributed by atoms with Crippen molar-refractivity contribution in [2.24, 2.45) is 4.99 Å². The van der Waals surface area contributed by atoms with E-state index in [0.29, 0.717) is 23.0 Å². The summed E-state index contributed by atoms with van der Waals surface area (Å²) >= 11 is 0. The molecule has 0 heterocycles. The van der Waals surface area contributed by atoms with Crippen LogP contribution in [0.25, 0.3) is 0 Å². The predicted molar refractivity (Wildman–Crippen MR) is 129 cm³/mol. The molecule has 6 nitrogen and oxygen atoms in total. The number of aliphatic imine (C=N–C) groups is 1. The zero-order valence-corrected chi connectivity index (χ0v) is 19.7. The van der Waals surface area contributed by atoms with E-state index in [0.717, 1.165) is 25.9 Å². The molecule has 160 valence electrons. The van der Waals surface area contributed by atoms with Crippen LogP contribution < -0.4 is 20.1 Å². The second-order valence-corrected chi connectivity index (χ2v) is 6.36. The highest BCUT2D eigenvalue weighted by atomic mass is 127. The molecule has 0 saturated carbocycles. The molecule has 2 rings (SSSR count). The third-order valence-corrected chi connectivity index (χ3v) is 4.34. The van der Waals surface area contributed by atoms with Gasteiger partial charge in [-0.2, -0.15) is 0 Å². The van der Waals surface area contributed by atoms with Crippen LogP contribution in [-0.2, 0) is 6.42 Å². The van der Waals surface area contributed by atoms with Crippen molar-refractivity contribution in [3.05, 3.63) is 59.7 Å². The van der Waals surface area contributed by atoms with Crippen LogP contribution in [0.4, 0.5) is 0 Å². The molecular weight excluding hydrogens is 481 g/mol. The Labute approximate surface area is 190 Å². The van der Waals surface area contributed by atoms with Gasteiger partial charge in [-0.3, -0.25) is 4.99 Å². The van der Waals surface area contributed by atoms with E-state index >= 15 is 0 Å². The Hall–Kier alpha value is -2.00. The summed E-state index contributed by atoms with van der Waals surface area (Å²) in [6, 6.07) is 15.8. The highest BCUT2D eigenvalue weighted by Gasteiger charge is 2.14. The van der Waals surface area contributed by atoms with Gasteiger partial charge in [-0.1, -0.05) is 30.3 Å². The van der Waals surface area contributed by atoms with Gasteiger partial charge in [-0.15, -0.1) is 24.0 Å². The Morgan fingerprint density at radius 3 is 2.48 bits per heavy atom. The molecule has 0 bridgehead atoms. The highest BCUT2D eigenvalue weighted by molar-refractivity contribution is 14.0. The maximum absolute atomic E-state index is 10.6. The van der Waals surface area contributed by atoms with E-state index in [1.165, 1.54) is 5.56 Å². The zero-order chi connectivity index (χ0) is 20.2. The lowest BCUT2D eigenvalue weighted by Crippen LogP contribution is -2.38. The van der Waals surface area contributed by atoms with Gasteiger partial charge in [0.25, 0.3) is 0 Å². The van der Waals surface area contributed by atoms with Gasteiger partial charge in [-0.05, 0) is 43.5 Å². The second-order valence-electron chi connectivity index (χ2n) is 6.36. The van der Waals surface area contributed by atoms with E-state index in [1.54, 1.807) is 32.4 Å². The van der Waals surface area contributed by atoms with E-state index in [-0.39, 0.29) is 30.5 Å². The number of aliphatic hydroxyl groups is 1. The fraction of sp³-hybridized carbons (Fsp3) is 0.409. The summed E-state index contributed by atoms with van der Waals surface area (Å²) in [5.74, 6) is 1.98. The number of hydrogen-bond acceptors (Lipinski definition) is 4. The average molecular weight is 513 g/mol. The van der Waals surface area contributed by atoms with Crippen LogP contribution >= 0.6 is 24.0 Å². The molecule has 2 aromatic rings. The number of aryl methyl sites for hydroxylation is 1. The summed E-state index contributed by atoms with van der Waals surface area (Å²) < 4.78 is 10.6. The molecule has 0 aromatic heterocycles. The number of rotatable bonds is 10. The molecule has 0 radical (unpaired) electrons. The first-order chi connectivity index (χ1) is 13.7. The van der Waals surface area contributed by atoms with Crippen LogP contribution in [0.3, 0.4) is 0 Å². The average Bonchev–Trinajstić information content (AvgIpc) is 2.74. The minimum Gasteiger partial charge on any atom is -0.497 e. The van der Waals surface area contributed by atoms with Gasteiger partial charge < -0.3 is 25.2 Å². The molecule has 1 unspecified atom stereocenters. The van der Waals surface area contributed by atoms with Crippen molar-refractivity contribution in [2.75, 3.05) is 33.9 Å². The van der Waals surface area contributed by atoms with E-state index < -0.39 is 6.10 Å². The van der Waals surface area contributed by atoms with Crippen LogP contribution in [-0.4, -0.2) is 44.9 Å². The van der Waals surface area contributed by atoms with Crippen LogP contribution in [0.15, 0.2) is 53.5 Å². The van der Waals surface area contributed by atoms with Gasteiger partial charge in [-0.25, -0.2) is 0 Å². The number of halogens is 1. The van der Waals surface area contributed by atoms with Gasteiger partial charge >= 0.3 is 0 Å². The summed E-state index contributed by atoms with van der Waals surface area (Å²) in [5, 5.41) is 17.1. The first kappa shape index (κ1) is 25.0. The molecule has 0 aliphatic heterocycles. The highest BCUT2D eigenvalue weighted by Crippen LogP contribution is 2.29. The third kappa shape index (κ3) is 8.49. The predicted octanol–water partition coefficient (Wildman–Crippen LogP) is 3.54. The lowest BCUT2D eigenvalue weighted by molar-refractivity contribution is 0.182. The van der Waals surface area contributed by atoms with E-state index in [4.69, 9.17) is 9.47 Å². The van der Waals surface area contributed by atoms with Gasteiger partial charge in [0.05, 0.1) is 20.8 Å². The number of hydrogen-bond donors (Lipinski definition) is 3. The summed E-state index contributed by atoms with van der Waals surface area (Å²) in [6.07, 6.45) is 1.22. The third-order valence-electron chi connectivity index (χ3n) is 4.34. The van der Waals surface area contributed by atoms with Gasteiger partial charge in [0, 0.05) is 18.7 Å². The monoisotopic (exact) mass is 513 g/mol. The van der Waals surface area contributed by atoms with Crippen molar-refractivity contribution in [3.8, 4) is 11.5 Å². The minimum atomic E-state index is -0.787. The van der Waals surface area contributed by atoms with Crippen LogP contribution in [0.5, 0.6) is 11.5 Å². The topological polar surface area (TPSA) is 75.1 Å². The van der Waals surface area contributed by atoms with Crippen LogP contribution in [0.2, 0.25) is 0 Å². The molecule has 0 fully saturated rings. The number of guanidine groups is 1. The molecule has 7 heteroatoms. The number of nitrogens with zero attached hydrogens (tertiary/aromatic N) is 1. The van der Waals surface area contributed by atoms with Crippen LogP contribution in [0, 0.1) is 0 Å². The quantitative estimate of drug-likeness (QED) is 0.196. The molecular formula is C22H32IN3O3. The number of aliphatic hydroxyl groups excluding tert-OH is 1. The van der Waals surface area contributed by atoms with Gasteiger partial charge in [0.1, 0.15) is 17.6 Å². The standard InChI is InChI=1S/C22H31N3O3.HI/c1-4-23-22(24-14-8-11-17-9-6-5-7-10-17)25-16-20(26)19-15-18(27-2)12-13-21(19)28-3;/h5-7,9-10,12-13,15,20,26H,4,8,11,14,16H2,1-3H3,(H2,23,24,25);1H.